The third-order valence-corrected chi connectivity index (χ3v) is 8.89. The Balaban J connectivity index is 1.18. The van der Waals surface area contributed by atoms with Gasteiger partial charge in [0.2, 0.25) is 5.91 Å². The summed E-state index contributed by atoms with van der Waals surface area (Å²) in [5.41, 5.74) is 4.13. The van der Waals surface area contributed by atoms with Gasteiger partial charge in [0.05, 0.1) is 28.4 Å². The number of cyclic esters (lactones) is 2. The fraction of sp³-hybridized carbons (Fsp3) is 0.577. The topological polar surface area (TPSA) is 96.4 Å². The summed E-state index contributed by atoms with van der Waals surface area (Å²) in [7, 11) is 0. The van der Waals surface area contributed by atoms with Crippen LogP contribution in [-0.4, -0.2) is 64.5 Å². The van der Waals surface area contributed by atoms with E-state index in [4.69, 9.17) is 9.47 Å². The van der Waals surface area contributed by atoms with Crippen molar-refractivity contribution in [3.8, 4) is 0 Å². The minimum Gasteiger partial charge on any atom is -0.457 e. The Morgan fingerprint density at radius 1 is 1.06 bits per heavy atom. The molecule has 1 aromatic carbocycles. The van der Waals surface area contributed by atoms with E-state index in [1.807, 2.05) is 13.0 Å². The van der Waals surface area contributed by atoms with Crippen molar-refractivity contribution in [2.45, 2.75) is 70.7 Å². The zero-order chi connectivity index (χ0) is 23.8. The Morgan fingerprint density at radius 2 is 1.76 bits per heavy atom. The number of esters is 2. The van der Waals surface area contributed by atoms with Gasteiger partial charge in [-0.15, -0.1) is 0 Å². The molecule has 4 atom stereocenters. The molecule has 5 aliphatic rings. The van der Waals surface area contributed by atoms with Crippen molar-refractivity contribution in [2.24, 2.45) is 5.41 Å². The summed E-state index contributed by atoms with van der Waals surface area (Å²) < 4.78 is 10.3. The van der Waals surface area contributed by atoms with Gasteiger partial charge in [0.1, 0.15) is 13.2 Å². The zero-order valence-electron chi connectivity index (χ0n) is 19.6. The average molecular weight is 467 g/mol. The van der Waals surface area contributed by atoms with E-state index in [-0.39, 0.29) is 48.6 Å². The first-order valence-corrected chi connectivity index (χ1v) is 12.2. The van der Waals surface area contributed by atoms with E-state index in [0.717, 1.165) is 54.5 Å². The summed E-state index contributed by atoms with van der Waals surface area (Å²) in [4.78, 5) is 41.4. The van der Waals surface area contributed by atoms with Gasteiger partial charge in [-0.25, -0.2) is 9.59 Å². The fourth-order valence-electron chi connectivity index (χ4n) is 6.97. The number of benzene rings is 1. The summed E-state index contributed by atoms with van der Waals surface area (Å²) in [6.45, 7) is 5.29. The quantitative estimate of drug-likeness (QED) is 0.681. The molecule has 180 valence electrons. The third kappa shape index (κ3) is 3.08. The monoisotopic (exact) mass is 466 g/mol. The number of rotatable bonds is 4. The van der Waals surface area contributed by atoms with Crippen molar-refractivity contribution in [1.29, 1.82) is 0 Å². The second kappa shape index (κ2) is 7.65. The van der Waals surface area contributed by atoms with Gasteiger partial charge in [-0.1, -0.05) is 6.07 Å². The molecule has 2 bridgehead atoms. The van der Waals surface area contributed by atoms with E-state index in [9.17, 15) is 19.5 Å². The lowest BCUT2D eigenvalue weighted by Crippen LogP contribution is -2.51. The van der Waals surface area contributed by atoms with Crippen LogP contribution in [0.5, 0.6) is 0 Å². The lowest BCUT2D eigenvalue weighted by Gasteiger charge is -2.44. The molecule has 0 aromatic heterocycles. The van der Waals surface area contributed by atoms with Crippen molar-refractivity contribution in [2.75, 3.05) is 19.7 Å². The Labute approximate surface area is 198 Å². The van der Waals surface area contributed by atoms with Crippen LogP contribution in [0.4, 0.5) is 0 Å². The largest absolute Gasteiger partial charge is 0.457 e. The molecule has 5 aliphatic heterocycles. The number of fused-ring (bicyclic) bond motifs is 3. The summed E-state index contributed by atoms with van der Waals surface area (Å²) in [5.74, 6) is -0.491. The number of nitrogens with zero attached hydrogens (tertiary/aromatic N) is 2. The van der Waals surface area contributed by atoms with E-state index in [2.05, 4.69) is 4.90 Å². The van der Waals surface area contributed by atoms with Crippen molar-refractivity contribution >= 4 is 17.8 Å². The highest BCUT2D eigenvalue weighted by atomic mass is 16.5. The van der Waals surface area contributed by atoms with Crippen LogP contribution in [0.3, 0.4) is 0 Å². The van der Waals surface area contributed by atoms with E-state index in [0.29, 0.717) is 24.2 Å². The standard InChI is InChI=1S/C26H30N2O6/c1-14-18(5-6-19-20(14)12-33-24(19)31)22(29)11-28-16-3-4-17(28)10-26(9-16)7-8-27(25(26)32)21-13-34-23(30)15(21)2/h5-6,16-17,22,29H,3-4,7-13H2,1-2H3/t16-,17+,22-,26?/m0/s1. The van der Waals surface area contributed by atoms with Crippen molar-refractivity contribution < 1.29 is 29.0 Å². The highest BCUT2D eigenvalue weighted by molar-refractivity contribution is 5.94. The molecule has 5 heterocycles. The molecule has 1 spiro atoms. The summed E-state index contributed by atoms with van der Waals surface area (Å²) in [6, 6.07) is 4.12. The first-order chi connectivity index (χ1) is 16.3. The molecular weight excluding hydrogens is 436 g/mol. The van der Waals surface area contributed by atoms with Crippen LogP contribution < -0.4 is 0 Å². The number of amides is 1. The van der Waals surface area contributed by atoms with Gasteiger partial charge in [0.15, 0.2) is 0 Å². The first-order valence-electron chi connectivity index (χ1n) is 12.2. The Kier molecular flexibility index (Phi) is 4.90. The lowest BCUT2D eigenvalue weighted by molar-refractivity contribution is -0.140. The van der Waals surface area contributed by atoms with Gasteiger partial charge in [-0.05, 0) is 63.1 Å². The Bertz CT molecular complexity index is 1130. The first kappa shape index (κ1) is 21.8. The number of aliphatic hydroxyl groups is 1. The van der Waals surface area contributed by atoms with Gasteiger partial charge in [0, 0.05) is 30.7 Å². The molecular formula is C26H30N2O6. The molecule has 1 N–H and O–H groups in total. The van der Waals surface area contributed by atoms with E-state index in [1.54, 1.807) is 17.9 Å². The number of hydrogen-bond acceptors (Lipinski definition) is 7. The molecule has 0 radical (unpaired) electrons. The molecule has 0 aliphatic carbocycles. The molecule has 34 heavy (non-hydrogen) atoms. The SMILES string of the molecule is CC1=C(N2CCC3(C[C@H]4CC[C@@H](C3)N4C[C@H](O)c3ccc4c(c3C)COC4=O)C2=O)COC1=O. The second-order valence-electron chi connectivity index (χ2n) is 10.5. The summed E-state index contributed by atoms with van der Waals surface area (Å²) >= 11 is 0. The van der Waals surface area contributed by atoms with Gasteiger partial charge in [-0.2, -0.15) is 0 Å². The number of carbonyl (C=O) groups excluding carboxylic acids is 3. The van der Waals surface area contributed by atoms with Gasteiger partial charge < -0.3 is 19.5 Å². The number of aliphatic hydroxyl groups excluding tert-OH is 1. The number of hydrogen-bond donors (Lipinski definition) is 1. The molecule has 8 nitrogen and oxygen atoms in total. The van der Waals surface area contributed by atoms with Gasteiger partial charge in [-0.3, -0.25) is 9.69 Å². The predicted octanol–water partition coefficient (Wildman–Crippen LogP) is 2.38. The van der Waals surface area contributed by atoms with Crippen LogP contribution in [0.2, 0.25) is 0 Å². The fourth-order valence-corrected chi connectivity index (χ4v) is 6.97. The highest BCUT2D eigenvalue weighted by Crippen LogP contribution is 2.52. The zero-order valence-corrected chi connectivity index (χ0v) is 19.6. The van der Waals surface area contributed by atoms with Crippen LogP contribution in [0.25, 0.3) is 0 Å². The minimum absolute atomic E-state index is 0.136. The second-order valence-corrected chi connectivity index (χ2v) is 10.5. The number of ether oxygens (including phenoxy) is 2. The maximum atomic E-state index is 13.6. The summed E-state index contributed by atoms with van der Waals surface area (Å²) in [5, 5.41) is 11.2. The molecule has 1 aromatic rings. The maximum Gasteiger partial charge on any atom is 0.338 e. The van der Waals surface area contributed by atoms with Crippen molar-refractivity contribution in [3.05, 3.63) is 45.7 Å². The van der Waals surface area contributed by atoms with Crippen LogP contribution in [0.1, 0.15) is 72.2 Å². The number of piperidine rings is 1. The molecule has 3 fully saturated rings. The van der Waals surface area contributed by atoms with Crippen LogP contribution >= 0.6 is 0 Å². The number of likely N-dealkylation sites (tertiary alicyclic amines) is 1. The minimum atomic E-state index is -0.664. The normalized spacial score (nSPS) is 31.5. The number of carbonyl (C=O) groups is 3. The van der Waals surface area contributed by atoms with Gasteiger partial charge in [0.25, 0.3) is 0 Å². The van der Waals surface area contributed by atoms with Crippen LogP contribution in [0.15, 0.2) is 23.4 Å². The van der Waals surface area contributed by atoms with E-state index in [1.165, 1.54) is 0 Å². The molecule has 8 heteroatoms. The van der Waals surface area contributed by atoms with Crippen molar-refractivity contribution in [3.63, 3.8) is 0 Å². The van der Waals surface area contributed by atoms with Crippen LogP contribution in [-0.2, 0) is 25.7 Å². The Hall–Kier alpha value is -2.71. The predicted molar refractivity (Wildman–Crippen MR) is 120 cm³/mol. The Morgan fingerprint density at radius 3 is 2.44 bits per heavy atom. The van der Waals surface area contributed by atoms with Crippen molar-refractivity contribution in [1.82, 2.24) is 9.80 Å². The molecule has 0 saturated carbocycles. The maximum absolute atomic E-state index is 13.6. The van der Waals surface area contributed by atoms with Gasteiger partial charge >= 0.3 is 11.9 Å². The van der Waals surface area contributed by atoms with E-state index < -0.39 is 6.10 Å². The average Bonchev–Trinajstić information content (AvgIpc) is 3.50. The van der Waals surface area contributed by atoms with Crippen LogP contribution in [0, 0.1) is 12.3 Å². The molecule has 1 unspecified atom stereocenters. The molecule has 1 amide bonds. The third-order valence-electron chi connectivity index (χ3n) is 8.89. The smallest absolute Gasteiger partial charge is 0.338 e. The lowest BCUT2D eigenvalue weighted by atomic mass is 9.73. The van der Waals surface area contributed by atoms with E-state index >= 15 is 0 Å². The summed E-state index contributed by atoms with van der Waals surface area (Å²) in [6.07, 6.45) is 3.78. The highest BCUT2D eigenvalue weighted by Gasteiger charge is 2.56. The molecule has 3 saturated heterocycles. The molecule has 6 rings (SSSR count).